The number of rotatable bonds is 0. The number of hydrogen-bond donors (Lipinski definition) is 0. The quantitative estimate of drug-likeness (QED) is 0.543. The number of aromatic nitrogens is 2. The predicted molar refractivity (Wildman–Crippen MR) is 41.3 cm³/mol. The van der Waals surface area contributed by atoms with Crippen LogP contribution in [0.3, 0.4) is 0 Å². The van der Waals surface area contributed by atoms with Crippen LogP contribution in [0, 0.1) is 0 Å². The van der Waals surface area contributed by atoms with E-state index in [9.17, 15) is 0 Å². The molecule has 0 spiro atoms. The van der Waals surface area contributed by atoms with Crippen LogP contribution in [-0.4, -0.2) is 29.5 Å². The molecule has 1 aromatic rings. The number of ether oxygens (including phenoxy) is 1. The van der Waals surface area contributed by atoms with Gasteiger partial charge in [0.15, 0.2) is 6.40 Å². The van der Waals surface area contributed by atoms with Crippen molar-refractivity contribution in [2.24, 2.45) is 4.99 Å². The molecule has 0 unspecified atom stereocenters. The molecule has 0 N–H and O–H groups in total. The Labute approximate surface area is 65.0 Å². The van der Waals surface area contributed by atoms with Crippen LogP contribution < -0.4 is 0 Å². The first-order valence-corrected chi connectivity index (χ1v) is 3.30. The van der Waals surface area contributed by atoms with Crippen molar-refractivity contribution in [2.45, 2.75) is 0 Å². The lowest BCUT2D eigenvalue weighted by molar-refractivity contribution is 0.361. The topological polar surface area (TPSA) is 47.4 Å². The average Bonchev–Trinajstić information content (AvgIpc) is 2.64. The maximum Gasteiger partial charge on any atom is 0.169 e. The summed E-state index contributed by atoms with van der Waals surface area (Å²) in [5.41, 5.74) is 0. The van der Waals surface area contributed by atoms with Crippen LogP contribution >= 0.6 is 0 Å². The van der Waals surface area contributed by atoms with Crippen molar-refractivity contribution in [1.82, 2.24) is 9.97 Å². The first-order chi connectivity index (χ1) is 5.50. The molecule has 0 radical (unpaired) electrons. The van der Waals surface area contributed by atoms with Crippen LogP contribution in [0.15, 0.2) is 29.8 Å². The van der Waals surface area contributed by atoms with Gasteiger partial charge in [0.25, 0.3) is 0 Å². The Hall–Kier alpha value is -1.45. The van der Waals surface area contributed by atoms with Crippen LogP contribution in [0.2, 0.25) is 0 Å². The highest BCUT2D eigenvalue weighted by atomic mass is 16.5. The first kappa shape index (κ1) is 7.65. The molecule has 58 valence electrons. The summed E-state index contributed by atoms with van der Waals surface area (Å²) in [4.78, 5) is 11.1. The summed E-state index contributed by atoms with van der Waals surface area (Å²) in [5.74, 6) is 0. The molecule has 2 heterocycles. The Bertz CT molecular complexity index is 167. The van der Waals surface area contributed by atoms with Gasteiger partial charge in [0.1, 0.15) is 12.9 Å². The summed E-state index contributed by atoms with van der Waals surface area (Å²) < 4.78 is 4.65. The molecule has 1 aliphatic heterocycles. The summed E-state index contributed by atoms with van der Waals surface area (Å²) >= 11 is 0. The lowest BCUT2D eigenvalue weighted by Gasteiger charge is -1.76. The van der Waals surface area contributed by atoms with Crippen LogP contribution in [0.5, 0.6) is 0 Å². The molecule has 0 atom stereocenters. The lowest BCUT2D eigenvalue weighted by Crippen LogP contribution is -1.80. The molecule has 0 aliphatic carbocycles. The van der Waals surface area contributed by atoms with E-state index >= 15 is 0 Å². The minimum Gasteiger partial charge on any atom is -0.482 e. The van der Waals surface area contributed by atoms with Crippen molar-refractivity contribution in [3.8, 4) is 0 Å². The predicted octanol–water partition coefficient (Wildman–Crippen LogP) is 0.522. The zero-order valence-corrected chi connectivity index (χ0v) is 6.05. The van der Waals surface area contributed by atoms with Gasteiger partial charge in [-0.05, 0) is 6.07 Å². The van der Waals surface area contributed by atoms with Gasteiger partial charge in [-0.1, -0.05) is 0 Å². The smallest absolute Gasteiger partial charge is 0.169 e. The number of nitrogens with zero attached hydrogens (tertiary/aromatic N) is 3. The van der Waals surface area contributed by atoms with Gasteiger partial charge in [-0.3, -0.25) is 4.99 Å². The average molecular weight is 151 g/mol. The van der Waals surface area contributed by atoms with Crippen molar-refractivity contribution in [1.29, 1.82) is 0 Å². The Morgan fingerprint density at radius 1 is 1.18 bits per heavy atom. The lowest BCUT2D eigenvalue weighted by atomic mass is 10.7. The summed E-state index contributed by atoms with van der Waals surface area (Å²) in [7, 11) is 0. The van der Waals surface area contributed by atoms with Crippen LogP contribution in [0.4, 0.5) is 0 Å². The van der Waals surface area contributed by atoms with Gasteiger partial charge in [0.05, 0.1) is 6.54 Å². The summed E-state index contributed by atoms with van der Waals surface area (Å²) in [5, 5.41) is 0. The molecule has 2 rings (SSSR count). The minimum absolute atomic E-state index is 0.778. The van der Waals surface area contributed by atoms with E-state index in [1.54, 1.807) is 18.5 Å². The minimum atomic E-state index is 0.778. The van der Waals surface area contributed by atoms with E-state index in [2.05, 4.69) is 19.7 Å². The van der Waals surface area contributed by atoms with Gasteiger partial charge in [-0.2, -0.15) is 0 Å². The van der Waals surface area contributed by atoms with Gasteiger partial charge >= 0.3 is 0 Å². The third kappa shape index (κ3) is 4.02. The molecule has 0 amide bonds. The highest BCUT2D eigenvalue weighted by molar-refractivity contribution is 5.47. The standard InChI is InChI=1S/C4H4N2.C3H5NO/c1-2-5-4-6-3-1;1-2-5-3-4-1/h1-4H;3H,1-2H2. The summed E-state index contributed by atoms with van der Waals surface area (Å²) in [6, 6.07) is 1.78. The molecule has 1 aliphatic rings. The zero-order chi connectivity index (χ0) is 7.78. The Morgan fingerprint density at radius 3 is 2.18 bits per heavy atom. The molecule has 4 nitrogen and oxygen atoms in total. The van der Waals surface area contributed by atoms with Gasteiger partial charge in [-0.25, -0.2) is 9.97 Å². The Balaban J connectivity index is 0.000000112. The Morgan fingerprint density at radius 2 is 2.00 bits per heavy atom. The monoisotopic (exact) mass is 151 g/mol. The highest BCUT2D eigenvalue weighted by Gasteiger charge is 1.84. The molecule has 1 aromatic heterocycles. The van der Waals surface area contributed by atoms with Crippen molar-refractivity contribution in [3.63, 3.8) is 0 Å². The van der Waals surface area contributed by atoms with E-state index in [0.717, 1.165) is 13.2 Å². The fraction of sp³-hybridized carbons (Fsp3) is 0.286. The van der Waals surface area contributed by atoms with E-state index < -0.39 is 0 Å². The summed E-state index contributed by atoms with van der Waals surface area (Å²) in [6.45, 7) is 1.62. The zero-order valence-electron chi connectivity index (χ0n) is 6.05. The van der Waals surface area contributed by atoms with Crippen LogP contribution in [0.25, 0.3) is 0 Å². The SMILES string of the molecule is C1=NCCO1.c1cncnc1. The second-order valence-corrected chi connectivity index (χ2v) is 1.79. The summed E-state index contributed by atoms with van der Waals surface area (Å²) in [6.07, 6.45) is 6.36. The molecule has 4 heteroatoms. The maximum atomic E-state index is 4.65. The Kier molecular flexibility index (Phi) is 3.72. The second-order valence-electron chi connectivity index (χ2n) is 1.79. The van der Waals surface area contributed by atoms with Crippen molar-refractivity contribution in [2.75, 3.05) is 13.2 Å². The number of hydrogen-bond acceptors (Lipinski definition) is 4. The first-order valence-electron chi connectivity index (χ1n) is 3.30. The van der Waals surface area contributed by atoms with Crippen molar-refractivity contribution >= 4 is 6.40 Å². The largest absolute Gasteiger partial charge is 0.482 e. The van der Waals surface area contributed by atoms with Crippen LogP contribution in [0.1, 0.15) is 0 Å². The molecule has 0 saturated carbocycles. The van der Waals surface area contributed by atoms with E-state index in [4.69, 9.17) is 0 Å². The molecule has 0 fully saturated rings. The highest BCUT2D eigenvalue weighted by Crippen LogP contribution is 1.78. The van der Waals surface area contributed by atoms with Gasteiger partial charge in [-0.15, -0.1) is 0 Å². The fourth-order valence-electron chi connectivity index (χ4n) is 0.517. The van der Waals surface area contributed by atoms with Crippen LogP contribution in [-0.2, 0) is 4.74 Å². The van der Waals surface area contributed by atoms with Gasteiger partial charge in [0, 0.05) is 12.4 Å². The van der Waals surface area contributed by atoms with Gasteiger partial charge in [0.2, 0.25) is 0 Å². The van der Waals surface area contributed by atoms with E-state index in [0.29, 0.717) is 0 Å². The van der Waals surface area contributed by atoms with Gasteiger partial charge < -0.3 is 4.74 Å². The van der Waals surface area contributed by atoms with E-state index in [-0.39, 0.29) is 0 Å². The fourth-order valence-corrected chi connectivity index (χ4v) is 0.517. The molecule has 0 saturated heterocycles. The molecule has 11 heavy (non-hydrogen) atoms. The number of aliphatic imine (C=N–C) groups is 1. The van der Waals surface area contributed by atoms with Crippen molar-refractivity contribution < 1.29 is 4.74 Å². The third-order valence-corrected chi connectivity index (χ3v) is 0.965. The molecular formula is C7H9N3O. The molecular weight excluding hydrogens is 142 g/mol. The van der Waals surface area contributed by atoms with E-state index in [1.165, 1.54) is 12.7 Å². The third-order valence-electron chi connectivity index (χ3n) is 0.965. The second kappa shape index (κ2) is 5.34. The van der Waals surface area contributed by atoms with Crippen molar-refractivity contribution in [3.05, 3.63) is 24.8 Å². The van der Waals surface area contributed by atoms with E-state index in [1.807, 2.05) is 0 Å². The normalized spacial score (nSPS) is 13.1. The maximum absolute atomic E-state index is 4.65. The molecule has 0 bridgehead atoms. The molecule has 0 aromatic carbocycles.